The predicted molar refractivity (Wildman–Crippen MR) is 128 cm³/mol. The van der Waals surface area contributed by atoms with E-state index in [-0.39, 0.29) is 0 Å². The van der Waals surface area contributed by atoms with Crippen LogP contribution in [0.3, 0.4) is 0 Å². The van der Waals surface area contributed by atoms with Gasteiger partial charge < -0.3 is 9.64 Å². The Balaban J connectivity index is 1.34. The smallest absolute Gasteiger partial charge is 0.120 e. The summed E-state index contributed by atoms with van der Waals surface area (Å²) < 4.78 is 6.21. The highest BCUT2D eigenvalue weighted by atomic mass is 32.1. The number of thiophene rings is 1. The quantitative estimate of drug-likeness (QED) is 0.351. The number of rotatable bonds is 5. The summed E-state index contributed by atoms with van der Waals surface area (Å²) in [4.78, 5) is 3.72. The molecule has 1 saturated heterocycles. The van der Waals surface area contributed by atoms with E-state index in [1.807, 2.05) is 0 Å². The maximum Gasteiger partial charge on any atom is 0.120 e. The first-order valence-electron chi connectivity index (χ1n) is 10.7. The van der Waals surface area contributed by atoms with Crippen LogP contribution >= 0.6 is 11.3 Å². The summed E-state index contributed by atoms with van der Waals surface area (Å²) in [5, 5.41) is 4.85. The van der Waals surface area contributed by atoms with Gasteiger partial charge >= 0.3 is 0 Å². The summed E-state index contributed by atoms with van der Waals surface area (Å²) >= 11 is 1.78. The molecule has 1 aliphatic heterocycles. The van der Waals surface area contributed by atoms with Crippen molar-refractivity contribution in [1.82, 2.24) is 4.90 Å². The molecule has 0 bridgehead atoms. The summed E-state index contributed by atoms with van der Waals surface area (Å²) in [5.74, 6) is 1.60. The van der Waals surface area contributed by atoms with E-state index in [2.05, 4.69) is 90.1 Å². The van der Waals surface area contributed by atoms with E-state index in [1.54, 1.807) is 11.3 Å². The minimum Gasteiger partial charge on any atom is -0.489 e. The average molecular weight is 414 g/mol. The van der Waals surface area contributed by atoms with Gasteiger partial charge in [-0.25, -0.2) is 0 Å². The summed E-state index contributed by atoms with van der Waals surface area (Å²) in [6.07, 6.45) is 2.47. The number of nitrogens with zero attached hydrogens (tertiary/aromatic N) is 1. The molecule has 1 aliphatic rings. The standard InChI is InChI=1S/C27H27NOS/c1-28-14-12-22(13-15-28)25-9-5-8-21-10-11-24(17-26(21)25)29-18-20-16-27(30-19-20)23-6-3-2-4-7-23/h2-11,16-17,19,22H,12-15,18H2,1H3. The Morgan fingerprint density at radius 2 is 1.77 bits per heavy atom. The van der Waals surface area contributed by atoms with Gasteiger partial charge in [-0.05, 0) is 84.4 Å². The predicted octanol–water partition coefficient (Wildman–Crippen LogP) is 6.96. The van der Waals surface area contributed by atoms with Crippen molar-refractivity contribution in [2.75, 3.05) is 20.1 Å². The summed E-state index contributed by atoms with van der Waals surface area (Å²) in [6.45, 7) is 2.96. The fourth-order valence-corrected chi connectivity index (χ4v) is 5.32. The molecule has 2 heterocycles. The third-order valence-electron chi connectivity index (χ3n) is 6.16. The Hall–Kier alpha value is -2.62. The maximum atomic E-state index is 6.21. The van der Waals surface area contributed by atoms with Crippen LogP contribution in [-0.2, 0) is 6.61 Å². The number of benzene rings is 3. The second-order valence-corrected chi connectivity index (χ2v) is 9.19. The molecule has 0 aliphatic carbocycles. The number of likely N-dealkylation sites (tertiary alicyclic amines) is 1. The molecule has 0 spiro atoms. The summed E-state index contributed by atoms with van der Waals surface area (Å²) in [7, 11) is 2.22. The van der Waals surface area contributed by atoms with E-state index in [0.717, 1.165) is 5.75 Å². The normalized spacial score (nSPS) is 15.5. The van der Waals surface area contributed by atoms with Crippen LogP contribution in [0.5, 0.6) is 5.75 Å². The third-order valence-corrected chi connectivity index (χ3v) is 7.19. The second-order valence-electron chi connectivity index (χ2n) is 8.28. The summed E-state index contributed by atoms with van der Waals surface area (Å²) in [5.41, 5.74) is 3.97. The lowest BCUT2D eigenvalue weighted by Gasteiger charge is -2.30. The van der Waals surface area contributed by atoms with Gasteiger partial charge in [0.25, 0.3) is 0 Å². The molecule has 0 saturated carbocycles. The minimum absolute atomic E-state index is 0.602. The van der Waals surface area contributed by atoms with Crippen LogP contribution in [0.2, 0.25) is 0 Å². The zero-order chi connectivity index (χ0) is 20.3. The number of hydrogen-bond acceptors (Lipinski definition) is 3. The molecular formula is C27H27NOS. The van der Waals surface area contributed by atoms with Crippen molar-refractivity contribution in [3.05, 3.63) is 89.3 Å². The molecule has 0 N–H and O–H groups in total. The molecule has 152 valence electrons. The lowest BCUT2D eigenvalue weighted by Crippen LogP contribution is -2.29. The molecule has 1 aromatic heterocycles. The fraction of sp³-hybridized carbons (Fsp3) is 0.259. The Labute approximate surface area is 182 Å². The molecule has 4 aromatic rings. The van der Waals surface area contributed by atoms with Gasteiger partial charge in [0.15, 0.2) is 0 Å². The Morgan fingerprint density at radius 1 is 0.933 bits per heavy atom. The van der Waals surface area contributed by atoms with Gasteiger partial charge in [-0.2, -0.15) is 0 Å². The van der Waals surface area contributed by atoms with Crippen LogP contribution in [0.25, 0.3) is 21.2 Å². The molecule has 2 nitrogen and oxygen atoms in total. The Bertz CT molecular complexity index is 1130. The fourth-order valence-electron chi connectivity index (χ4n) is 4.41. The molecule has 0 unspecified atom stereocenters. The van der Waals surface area contributed by atoms with Gasteiger partial charge in [0, 0.05) is 10.4 Å². The first-order chi connectivity index (χ1) is 14.8. The zero-order valence-electron chi connectivity index (χ0n) is 17.4. The molecule has 0 amide bonds. The van der Waals surface area contributed by atoms with Gasteiger partial charge in [-0.3, -0.25) is 0 Å². The van der Waals surface area contributed by atoms with Crippen molar-refractivity contribution < 1.29 is 4.74 Å². The monoisotopic (exact) mass is 413 g/mol. The minimum atomic E-state index is 0.602. The molecule has 0 radical (unpaired) electrons. The number of fused-ring (bicyclic) bond motifs is 1. The molecule has 5 rings (SSSR count). The molecule has 3 aromatic carbocycles. The number of piperidine rings is 1. The SMILES string of the molecule is CN1CCC(c2cccc3ccc(OCc4csc(-c5ccccc5)c4)cc23)CC1. The summed E-state index contributed by atoms with van der Waals surface area (Å²) in [6, 6.07) is 26.1. The van der Waals surface area contributed by atoms with Crippen molar-refractivity contribution in [3.63, 3.8) is 0 Å². The van der Waals surface area contributed by atoms with Crippen LogP contribution in [0, 0.1) is 0 Å². The van der Waals surface area contributed by atoms with Crippen LogP contribution in [0.4, 0.5) is 0 Å². The van der Waals surface area contributed by atoms with Crippen molar-refractivity contribution in [2.45, 2.75) is 25.4 Å². The Morgan fingerprint density at radius 3 is 2.60 bits per heavy atom. The van der Waals surface area contributed by atoms with Crippen LogP contribution in [0.15, 0.2) is 78.2 Å². The van der Waals surface area contributed by atoms with Crippen LogP contribution in [-0.4, -0.2) is 25.0 Å². The van der Waals surface area contributed by atoms with Gasteiger partial charge in [0.2, 0.25) is 0 Å². The van der Waals surface area contributed by atoms with E-state index >= 15 is 0 Å². The highest BCUT2D eigenvalue weighted by Gasteiger charge is 2.20. The van der Waals surface area contributed by atoms with Gasteiger partial charge in [0.1, 0.15) is 12.4 Å². The van der Waals surface area contributed by atoms with Crippen molar-refractivity contribution in [3.8, 4) is 16.2 Å². The first kappa shape index (κ1) is 19.3. The van der Waals surface area contributed by atoms with E-state index in [1.165, 1.54) is 58.3 Å². The average Bonchev–Trinajstić information content (AvgIpc) is 3.28. The topological polar surface area (TPSA) is 12.5 Å². The lowest BCUT2D eigenvalue weighted by molar-refractivity contribution is 0.256. The molecule has 0 atom stereocenters. The third kappa shape index (κ3) is 4.14. The zero-order valence-corrected chi connectivity index (χ0v) is 18.2. The first-order valence-corrected chi connectivity index (χ1v) is 11.6. The van der Waals surface area contributed by atoms with Crippen LogP contribution in [0.1, 0.15) is 29.9 Å². The maximum absolute atomic E-state index is 6.21. The van der Waals surface area contributed by atoms with E-state index in [0.29, 0.717) is 12.5 Å². The molecule has 30 heavy (non-hydrogen) atoms. The van der Waals surface area contributed by atoms with E-state index in [9.17, 15) is 0 Å². The number of hydrogen-bond donors (Lipinski definition) is 0. The van der Waals surface area contributed by atoms with Crippen LogP contribution < -0.4 is 4.74 Å². The molecule has 3 heteroatoms. The molecule has 1 fully saturated rings. The van der Waals surface area contributed by atoms with Gasteiger partial charge in [-0.15, -0.1) is 11.3 Å². The highest BCUT2D eigenvalue weighted by molar-refractivity contribution is 7.13. The second kappa shape index (κ2) is 8.63. The lowest BCUT2D eigenvalue weighted by atomic mass is 9.86. The Kier molecular flexibility index (Phi) is 5.56. The highest BCUT2D eigenvalue weighted by Crippen LogP contribution is 2.35. The van der Waals surface area contributed by atoms with E-state index < -0.39 is 0 Å². The molecular weight excluding hydrogens is 386 g/mol. The van der Waals surface area contributed by atoms with Gasteiger partial charge in [0.05, 0.1) is 0 Å². The largest absolute Gasteiger partial charge is 0.489 e. The number of ether oxygens (including phenoxy) is 1. The van der Waals surface area contributed by atoms with Crippen molar-refractivity contribution in [1.29, 1.82) is 0 Å². The van der Waals surface area contributed by atoms with Gasteiger partial charge in [-0.1, -0.05) is 54.6 Å². The van der Waals surface area contributed by atoms with Crippen molar-refractivity contribution in [2.24, 2.45) is 0 Å². The van der Waals surface area contributed by atoms with Crippen molar-refractivity contribution >= 4 is 22.1 Å². The van der Waals surface area contributed by atoms with E-state index in [4.69, 9.17) is 4.74 Å².